The number of aliphatic hydroxyl groups is 1. The average Bonchev–Trinajstić information content (AvgIpc) is 2.80. The van der Waals surface area contributed by atoms with Gasteiger partial charge in [-0.05, 0) is 44.6 Å². The Morgan fingerprint density at radius 2 is 2.35 bits per heavy atom. The molecule has 3 nitrogen and oxygen atoms in total. The molecule has 2 aliphatic rings. The number of hydrogen-bond donors (Lipinski definition) is 2. The van der Waals surface area contributed by atoms with E-state index < -0.39 is 0 Å². The van der Waals surface area contributed by atoms with Gasteiger partial charge in [0.25, 0.3) is 0 Å². The van der Waals surface area contributed by atoms with Crippen LogP contribution in [0.3, 0.4) is 0 Å². The van der Waals surface area contributed by atoms with E-state index in [4.69, 9.17) is 9.84 Å². The molecule has 0 amide bonds. The van der Waals surface area contributed by atoms with Crippen molar-refractivity contribution in [1.29, 1.82) is 0 Å². The molecule has 1 aliphatic heterocycles. The van der Waals surface area contributed by atoms with E-state index in [9.17, 15) is 0 Å². The lowest BCUT2D eigenvalue weighted by Gasteiger charge is -2.28. The van der Waals surface area contributed by atoms with E-state index in [1.165, 1.54) is 19.3 Å². The van der Waals surface area contributed by atoms with Gasteiger partial charge in [0.2, 0.25) is 0 Å². The van der Waals surface area contributed by atoms with Gasteiger partial charge in [0, 0.05) is 25.2 Å². The zero-order valence-corrected chi connectivity index (χ0v) is 10.7. The highest BCUT2D eigenvalue weighted by Gasteiger charge is 2.34. The minimum atomic E-state index is 0.194. The minimum absolute atomic E-state index is 0.194. The second kappa shape index (κ2) is 6.53. The van der Waals surface area contributed by atoms with Crippen molar-refractivity contribution >= 4 is 0 Å². The molecule has 3 heteroatoms. The van der Waals surface area contributed by atoms with Crippen LogP contribution >= 0.6 is 0 Å². The van der Waals surface area contributed by atoms with Crippen molar-refractivity contribution in [1.82, 2.24) is 5.32 Å². The van der Waals surface area contributed by atoms with Crippen LogP contribution in [0, 0.1) is 11.3 Å². The lowest BCUT2D eigenvalue weighted by atomic mass is 9.83. The Morgan fingerprint density at radius 1 is 1.41 bits per heavy atom. The monoisotopic (exact) mass is 239 g/mol. The fraction of sp³-hybridized carbons (Fsp3) is 0.857. The summed E-state index contributed by atoms with van der Waals surface area (Å²) in [5.41, 5.74) is 0.194. The van der Waals surface area contributed by atoms with Gasteiger partial charge in [-0.1, -0.05) is 12.2 Å². The molecule has 2 atom stereocenters. The van der Waals surface area contributed by atoms with Crippen molar-refractivity contribution in [2.24, 2.45) is 11.3 Å². The molecule has 1 saturated heterocycles. The molecule has 2 unspecified atom stereocenters. The number of aliphatic hydroxyl groups excluding tert-OH is 1. The van der Waals surface area contributed by atoms with Gasteiger partial charge in [0.1, 0.15) is 0 Å². The summed E-state index contributed by atoms with van der Waals surface area (Å²) < 4.78 is 5.49. The fourth-order valence-corrected chi connectivity index (χ4v) is 2.89. The molecule has 2 rings (SSSR count). The number of allylic oxidation sites excluding steroid dienone is 2. The van der Waals surface area contributed by atoms with Crippen LogP contribution in [-0.2, 0) is 4.74 Å². The van der Waals surface area contributed by atoms with Gasteiger partial charge in [-0.2, -0.15) is 0 Å². The summed E-state index contributed by atoms with van der Waals surface area (Å²) in [5.74, 6) is 0.800. The molecule has 0 saturated carbocycles. The Balaban J connectivity index is 1.70. The highest BCUT2D eigenvalue weighted by molar-refractivity contribution is 4.91. The second-order valence-corrected chi connectivity index (χ2v) is 5.56. The predicted octanol–water partition coefficient (Wildman–Crippen LogP) is 1.72. The van der Waals surface area contributed by atoms with Crippen molar-refractivity contribution < 1.29 is 9.84 Å². The van der Waals surface area contributed by atoms with E-state index in [0.29, 0.717) is 0 Å². The Kier molecular flexibility index (Phi) is 5.01. The molecule has 17 heavy (non-hydrogen) atoms. The minimum Gasteiger partial charge on any atom is -0.396 e. The molecule has 0 aromatic rings. The van der Waals surface area contributed by atoms with Gasteiger partial charge in [0.05, 0.1) is 6.61 Å². The molecule has 0 aromatic carbocycles. The first-order valence-corrected chi connectivity index (χ1v) is 6.89. The molecule has 0 aromatic heterocycles. The van der Waals surface area contributed by atoms with Gasteiger partial charge < -0.3 is 15.2 Å². The van der Waals surface area contributed by atoms with E-state index in [1.807, 2.05) is 0 Å². The lowest BCUT2D eigenvalue weighted by Crippen LogP contribution is -2.38. The Bertz CT molecular complexity index is 247. The standard InChI is InChI=1S/C14H25NO2/c16-8-6-14(7-9-17-12-14)11-15-10-13-4-2-1-3-5-13/h1-2,13,15-16H,3-12H2. The summed E-state index contributed by atoms with van der Waals surface area (Å²) in [6.07, 6.45) is 10.3. The normalized spacial score (nSPS) is 33.1. The van der Waals surface area contributed by atoms with E-state index in [-0.39, 0.29) is 12.0 Å². The molecule has 1 fully saturated rings. The maximum Gasteiger partial charge on any atom is 0.0536 e. The van der Waals surface area contributed by atoms with Gasteiger partial charge in [-0.3, -0.25) is 0 Å². The zero-order chi connectivity index (χ0) is 12.0. The molecule has 0 bridgehead atoms. The molecule has 98 valence electrons. The van der Waals surface area contributed by atoms with Crippen LogP contribution in [0.2, 0.25) is 0 Å². The lowest BCUT2D eigenvalue weighted by molar-refractivity contribution is 0.123. The maximum absolute atomic E-state index is 9.15. The van der Waals surface area contributed by atoms with Crippen molar-refractivity contribution in [2.75, 3.05) is 32.9 Å². The van der Waals surface area contributed by atoms with Gasteiger partial charge in [-0.25, -0.2) is 0 Å². The third kappa shape index (κ3) is 3.80. The Labute approximate surface area is 104 Å². The number of hydrogen-bond acceptors (Lipinski definition) is 3. The SMILES string of the molecule is OCCC1(CNCC2CC=CCC2)CCOC1. The maximum atomic E-state index is 9.15. The summed E-state index contributed by atoms with van der Waals surface area (Å²) in [6.45, 7) is 4.04. The second-order valence-electron chi connectivity index (χ2n) is 5.56. The average molecular weight is 239 g/mol. The number of nitrogens with one attached hydrogen (secondary N) is 1. The van der Waals surface area contributed by atoms with Gasteiger partial charge in [0.15, 0.2) is 0 Å². The molecular weight excluding hydrogens is 214 g/mol. The molecule has 1 aliphatic carbocycles. The van der Waals surface area contributed by atoms with Crippen LogP contribution in [0.1, 0.15) is 32.1 Å². The highest BCUT2D eigenvalue weighted by atomic mass is 16.5. The summed E-state index contributed by atoms with van der Waals surface area (Å²) in [5, 5.41) is 12.7. The van der Waals surface area contributed by atoms with Crippen molar-refractivity contribution in [3.05, 3.63) is 12.2 Å². The van der Waals surface area contributed by atoms with Crippen LogP contribution in [0.15, 0.2) is 12.2 Å². The van der Waals surface area contributed by atoms with Crippen LogP contribution in [0.25, 0.3) is 0 Å². The third-order valence-electron chi connectivity index (χ3n) is 4.14. The third-order valence-corrected chi connectivity index (χ3v) is 4.14. The van der Waals surface area contributed by atoms with Crippen LogP contribution < -0.4 is 5.32 Å². The van der Waals surface area contributed by atoms with E-state index >= 15 is 0 Å². The summed E-state index contributed by atoms with van der Waals surface area (Å²) >= 11 is 0. The molecule has 0 radical (unpaired) electrons. The first-order chi connectivity index (χ1) is 8.35. The van der Waals surface area contributed by atoms with Crippen molar-refractivity contribution in [3.8, 4) is 0 Å². The van der Waals surface area contributed by atoms with E-state index in [0.717, 1.165) is 45.1 Å². The Morgan fingerprint density at radius 3 is 3.00 bits per heavy atom. The molecule has 0 spiro atoms. The fourth-order valence-electron chi connectivity index (χ4n) is 2.89. The van der Waals surface area contributed by atoms with E-state index in [2.05, 4.69) is 17.5 Å². The molecular formula is C14H25NO2. The smallest absolute Gasteiger partial charge is 0.0536 e. The first kappa shape index (κ1) is 13.1. The van der Waals surface area contributed by atoms with Gasteiger partial charge >= 0.3 is 0 Å². The quantitative estimate of drug-likeness (QED) is 0.694. The van der Waals surface area contributed by atoms with E-state index in [1.54, 1.807) is 0 Å². The topological polar surface area (TPSA) is 41.5 Å². The summed E-state index contributed by atoms with van der Waals surface area (Å²) in [7, 11) is 0. The first-order valence-electron chi connectivity index (χ1n) is 6.89. The zero-order valence-electron chi connectivity index (χ0n) is 10.7. The predicted molar refractivity (Wildman–Crippen MR) is 68.9 cm³/mol. The largest absolute Gasteiger partial charge is 0.396 e. The van der Waals surface area contributed by atoms with Gasteiger partial charge in [-0.15, -0.1) is 0 Å². The van der Waals surface area contributed by atoms with Crippen LogP contribution in [-0.4, -0.2) is 38.0 Å². The van der Waals surface area contributed by atoms with Crippen molar-refractivity contribution in [3.63, 3.8) is 0 Å². The highest BCUT2D eigenvalue weighted by Crippen LogP contribution is 2.31. The van der Waals surface area contributed by atoms with Crippen LogP contribution in [0.4, 0.5) is 0 Å². The number of ether oxygens (including phenoxy) is 1. The summed E-state index contributed by atoms with van der Waals surface area (Å²) in [6, 6.07) is 0. The molecule has 2 N–H and O–H groups in total. The summed E-state index contributed by atoms with van der Waals surface area (Å²) in [4.78, 5) is 0. The van der Waals surface area contributed by atoms with Crippen molar-refractivity contribution in [2.45, 2.75) is 32.1 Å². The van der Waals surface area contributed by atoms with Crippen LogP contribution in [0.5, 0.6) is 0 Å². The molecule has 1 heterocycles. The Hall–Kier alpha value is -0.380. The number of rotatable bonds is 6.